The number of aliphatic hydroxyl groups excluding tert-OH is 2. The first-order valence-corrected chi connectivity index (χ1v) is 6.35. The van der Waals surface area contributed by atoms with E-state index in [0.29, 0.717) is 5.92 Å². The normalized spacial score (nSPS) is 21.8. The quantitative estimate of drug-likeness (QED) is 0.838. The maximum Gasteiger partial charge on any atom is 0.0781 e. The SMILES string of the molecule is C[C@H](O)c1ccccc1N1CCC(CCO)C1. The molecule has 1 aliphatic rings. The molecule has 1 heterocycles. The van der Waals surface area contributed by atoms with Gasteiger partial charge in [-0.15, -0.1) is 0 Å². The van der Waals surface area contributed by atoms with E-state index in [2.05, 4.69) is 11.0 Å². The predicted octanol–water partition coefficient (Wildman–Crippen LogP) is 1.95. The standard InChI is InChI=1S/C14H21NO2/c1-11(17)13-4-2-3-5-14(13)15-8-6-12(10-15)7-9-16/h2-5,11-12,16-17H,6-10H2,1H3/t11-,12?/m0/s1. The van der Waals surface area contributed by atoms with Crippen LogP contribution < -0.4 is 4.90 Å². The summed E-state index contributed by atoms with van der Waals surface area (Å²) in [6.45, 7) is 4.09. The van der Waals surface area contributed by atoms with Gasteiger partial charge in [0.2, 0.25) is 0 Å². The third kappa shape index (κ3) is 2.79. The first-order chi connectivity index (χ1) is 8.22. The molecule has 3 nitrogen and oxygen atoms in total. The second-order valence-corrected chi connectivity index (χ2v) is 4.85. The molecule has 17 heavy (non-hydrogen) atoms. The van der Waals surface area contributed by atoms with Gasteiger partial charge in [0.25, 0.3) is 0 Å². The van der Waals surface area contributed by atoms with Gasteiger partial charge >= 0.3 is 0 Å². The molecule has 1 saturated heterocycles. The Bertz CT molecular complexity index is 365. The van der Waals surface area contributed by atoms with Gasteiger partial charge in [0.15, 0.2) is 0 Å². The van der Waals surface area contributed by atoms with Crippen LogP contribution in [0.2, 0.25) is 0 Å². The molecule has 1 aromatic rings. The van der Waals surface area contributed by atoms with Crippen molar-refractivity contribution in [3.63, 3.8) is 0 Å². The number of aliphatic hydroxyl groups is 2. The van der Waals surface area contributed by atoms with Crippen LogP contribution in [0.15, 0.2) is 24.3 Å². The summed E-state index contributed by atoms with van der Waals surface area (Å²) in [6.07, 6.45) is 1.59. The van der Waals surface area contributed by atoms with Crippen LogP contribution in [0.4, 0.5) is 5.69 Å². The summed E-state index contributed by atoms with van der Waals surface area (Å²) < 4.78 is 0. The van der Waals surface area contributed by atoms with E-state index >= 15 is 0 Å². The van der Waals surface area contributed by atoms with Gasteiger partial charge in [-0.3, -0.25) is 0 Å². The fraction of sp³-hybridized carbons (Fsp3) is 0.571. The second-order valence-electron chi connectivity index (χ2n) is 4.85. The largest absolute Gasteiger partial charge is 0.396 e. The minimum absolute atomic E-state index is 0.274. The van der Waals surface area contributed by atoms with Crippen LogP contribution in [0.5, 0.6) is 0 Å². The lowest BCUT2D eigenvalue weighted by Crippen LogP contribution is -2.21. The Hall–Kier alpha value is -1.06. The van der Waals surface area contributed by atoms with Gasteiger partial charge in [0.05, 0.1) is 6.10 Å². The monoisotopic (exact) mass is 235 g/mol. The van der Waals surface area contributed by atoms with Crippen LogP contribution in [0.3, 0.4) is 0 Å². The molecule has 2 rings (SSSR count). The second kappa shape index (κ2) is 5.52. The topological polar surface area (TPSA) is 43.7 Å². The van der Waals surface area contributed by atoms with Crippen LogP contribution in [-0.2, 0) is 0 Å². The highest BCUT2D eigenvalue weighted by atomic mass is 16.3. The minimum atomic E-state index is -0.428. The lowest BCUT2D eigenvalue weighted by molar-refractivity contribution is 0.199. The zero-order chi connectivity index (χ0) is 12.3. The summed E-state index contributed by atoms with van der Waals surface area (Å²) in [4.78, 5) is 2.32. The molecule has 2 atom stereocenters. The van der Waals surface area contributed by atoms with Crippen molar-refractivity contribution in [2.24, 2.45) is 5.92 Å². The molecule has 0 bridgehead atoms. The van der Waals surface area contributed by atoms with Gasteiger partial charge in [-0.25, -0.2) is 0 Å². The molecule has 3 heteroatoms. The van der Waals surface area contributed by atoms with Crippen LogP contribution in [0.25, 0.3) is 0 Å². The Balaban J connectivity index is 2.13. The zero-order valence-electron chi connectivity index (χ0n) is 10.3. The molecular formula is C14H21NO2. The van der Waals surface area contributed by atoms with Gasteiger partial charge < -0.3 is 15.1 Å². The molecule has 0 amide bonds. The molecule has 0 saturated carbocycles. The van der Waals surface area contributed by atoms with E-state index in [4.69, 9.17) is 5.11 Å². The average Bonchev–Trinajstić information content (AvgIpc) is 2.78. The van der Waals surface area contributed by atoms with Gasteiger partial charge in [0, 0.05) is 30.9 Å². The van der Waals surface area contributed by atoms with E-state index < -0.39 is 6.10 Å². The van der Waals surface area contributed by atoms with Gasteiger partial charge in [-0.1, -0.05) is 18.2 Å². The van der Waals surface area contributed by atoms with Crippen LogP contribution >= 0.6 is 0 Å². The van der Waals surface area contributed by atoms with E-state index in [1.807, 2.05) is 18.2 Å². The number of para-hydroxylation sites is 1. The first-order valence-electron chi connectivity index (χ1n) is 6.35. The van der Waals surface area contributed by atoms with Crippen LogP contribution in [-0.4, -0.2) is 29.9 Å². The van der Waals surface area contributed by atoms with Gasteiger partial charge in [0.1, 0.15) is 0 Å². The van der Waals surface area contributed by atoms with Crippen molar-refractivity contribution in [2.45, 2.75) is 25.9 Å². The molecule has 94 valence electrons. The minimum Gasteiger partial charge on any atom is -0.396 e. The average molecular weight is 235 g/mol. The van der Waals surface area contributed by atoms with Crippen molar-refractivity contribution < 1.29 is 10.2 Å². The lowest BCUT2D eigenvalue weighted by Gasteiger charge is -2.23. The molecule has 0 spiro atoms. The number of hydrogen-bond donors (Lipinski definition) is 2. The smallest absolute Gasteiger partial charge is 0.0781 e. The Morgan fingerprint density at radius 2 is 2.18 bits per heavy atom. The van der Waals surface area contributed by atoms with E-state index in [1.54, 1.807) is 6.92 Å². The number of anilines is 1. The predicted molar refractivity (Wildman–Crippen MR) is 69.1 cm³/mol. The molecule has 1 aliphatic heterocycles. The molecule has 0 radical (unpaired) electrons. The third-order valence-corrected chi connectivity index (χ3v) is 3.55. The highest BCUT2D eigenvalue weighted by Crippen LogP contribution is 2.31. The fourth-order valence-corrected chi connectivity index (χ4v) is 2.60. The summed E-state index contributed by atoms with van der Waals surface area (Å²) >= 11 is 0. The van der Waals surface area contributed by atoms with Gasteiger partial charge in [-0.2, -0.15) is 0 Å². The van der Waals surface area contributed by atoms with Crippen LogP contribution in [0, 0.1) is 5.92 Å². The molecular weight excluding hydrogens is 214 g/mol. The fourth-order valence-electron chi connectivity index (χ4n) is 2.60. The Morgan fingerprint density at radius 1 is 1.41 bits per heavy atom. The molecule has 1 aromatic carbocycles. The maximum absolute atomic E-state index is 9.77. The summed E-state index contributed by atoms with van der Waals surface area (Å²) in [6, 6.07) is 8.04. The lowest BCUT2D eigenvalue weighted by atomic mass is 10.1. The summed E-state index contributed by atoms with van der Waals surface area (Å²) in [5, 5.41) is 18.7. The Kier molecular flexibility index (Phi) is 4.02. The molecule has 2 N–H and O–H groups in total. The van der Waals surface area contributed by atoms with Crippen molar-refractivity contribution in [1.82, 2.24) is 0 Å². The Morgan fingerprint density at radius 3 is 2.88 bits per heavy atom. The molecule has 1 fully saturated rings. The highest BCUT2D eigenvalue weighted by molar-refractivity contribution is 5.55. The molecule has 1 unspecified atom stereocenters. The zero-order valence-corrected chi connectivity index (χ0v) is 10.3. The number of rotatable bonds is 4. The Labute approximate surface area is 103 Å². The van der Waals surface area contributed by atoms with Crippen molar-refractivity contribution in [2.75, 3.05) is 24.6 Å². The van der Waals surface area contributed by atoms with E-state index in [1.165, 1.54) is 0 Å². The number of hydrogen-bond acceptors (Lipinski definition) is 3. The van der Waals surface area contributed by atoms with Crippen molar-refractivity contribution in [3.8, 4) is 0 Å². The molecule has 0 aliphatic carbocycles. The first kappa shape index (κ1) is 12.4. The van der Waals surface area contributed by atoms with E-state index in [-0.39, 0.29) is 6.61 Å². The highest BCUT2D eigenvalue weighted by Gasteiger charge is 2.24. The summed E-state index contributed by atoms with van der Waals surface area (Å²) in [5.74, 6) is 0.585. The van der Waals surface area contributed by atoms with E-state index in [0.717, 1.165) is 37.2 Å². The van der Waals surface area contributed by atoms with Crippen molar-refractivity contribution >= 4 is 5.69 Å². The summed E-state index contributed by atoms with van der Waals surface area (Å²) in [7, 11) is 0. The maximum atomic E-state index is 9.77. The van der Waals surface area contributed by atoms with E-state index in [9.17, 15) is 5.11 Å². The summed E-state index contributed by atoms with van der Waals surface area (Å²) in [5.41, 5.74) is 2.14. The van der Waals surface area contributed by atoms with Crippen LogP contribution in [0.1, 0.15) is 31.4 Å². The van der Waals surface area contributed by atoms with Crippen molar-refractivity contribution in [3.05, 3.63) is 29.8 Å². The number of nitrogens with zero attached hydrogens (tertiary/aromatic N) is 1. The van der Waals surface area contributed by atoms with Crippen molar-refractivity contribution in [1.29, 1.82) is 0 Å². The number of benzene rings is 1. The molecule has 0 aromatic heterocycles. The van der Waals surface area contributed by atoms with Gasteiger partial charge in [-0.05, 0) is 31.7 Å². The third-order valence-electron chi connectivity index (χ3n) is 3.55.